The minimum Gasteiger partial charge on any atom is -0.295 e. The first-order chi connectivity index (χ1) is 5.79. The third-order valence-electron chi connectivity index (χ3n) is 2.15. The van der Waals surface area contributed by atoms with Crippen molar-refractivity contribution in [1.29, 1.82) is 0 Å². The van der Waals surface area contributed by atoms with E-state index in [2.05, 4.69) is 20.1 Å². The highest BCUT2D eigenvalue weighted by Crippen LogP contribution is 2.09. The summed E-state index contributed by atoms with van der Waals surface area (Å²) in [7, 11) is 2.22. The van der Waals surface area contributed by atoms with Gasteiger partial charge < -0.3 is 0 Å². The van der Waals surface area contributed by atoms with Gasteiger partial charge in [-0.2, -0.15) is 0 Å². The molecular formula is C8H17N2OP. The average molecular weight is 188 g/mol. The second kappa shape index (κ2) is 5.63. The van der Waals surface area contributed by atoms with Gasteiger partial charge in [0.15, 0.2) is 0 Å². The average Bonchev–Trinajstić information content (AvgIpc) is 2.49. The van der Waals surface area contributed by atoms with Crippen molar-refractivity contribution in [2.45, 2.75) is 38.1 Å². The fraction of sp³-hybridized carbons (Fsp3) is 0.875. The predicted molar refractivity (Wildman–Crippen MR) is 52.7 cm³/mol. The molecule has 1 rings (SSSR count). The second-order valence-electron chi connectivity index (χ2n) is 3.27. The summed E-state index contributed by atoms with van der Waals surface area (Å²) in [6.07, 6.45) is 5.30. The van der Waals surface area contributed by atoms with E-state index >= 15 is 0 Å². The van der Waals surface area contributed by atoms with Crippen molar-refractivity contribution in [3.63, 3.8) is 0 Å². The first-order valence-corrected chi connectivity index (χ1v) is 5.13. The van der Waals surface area contributed by atoms with Crippen LogP contribution in [0.2, 0.25) is 0 Å². The molecule has 0 aromatic rings. The van der Waals surface area contributed by atoms with E-state index in [1.165, 1.54) is 12.8 Å². The van der Waals surface area contributed by atoms with Gasteiger partial charge in [-0.3, -0.25) is 15.6 Å². The minimum absolute atomic E-state index is 0.229. The lowest BCUT2D eigenvalue weighted by atomic mass is 10.1. The molecule has 0 spiro atoms. The molecule has 0 amide bonds. The van der Waals surface area contributed by atoms with Crippen LogP contribution in [0.4, 0.5) is 0 Å². The van der Waals surface area contributed by atoms with Gasteiger partial charge in [-0.1, -0.05) is 15.7 Å². The number of carbonyl (C=O) groups is 1. The van der Waals surface area contributed by atoms with E-state index in [4.69, 9.17) is 0 Å². The quantitative estimate of drug-likeness (QED) is 0.495. The second-order valence-corrected chi connectivity index (χ2v) is 3.91. The van der Waals surface area contributed by atoms with Crippen molar-refractivity contribution in [2.75, 3.05) is 6.54 Å². The number of hydrogen-bond donors (Lipinski definition) is 2. The van der Waals surface area contributed by atoms with E-state index < -0.39 is 0 Å². The standard InChI is InChI=1S/C8H17N2OP/c11-8(12)4-2-1-3-7-5-6-9-10-7/h7,9-10H,1-6,12H2. The van der Waals surface area contributed by atoms with Crippen LogP contribution < -0.4 is 10.9 Å². The Labute approximate surface area is 75.8 Å². The van der Waals surface area contributed by atoms with Crippen LogP contribution in [0.5, 0.6) is 0 Å². The lowest BCUT2D eigenvalue weighted by Gasteiger charge is -2.07. The molecule has 0 radical (unpaired) electrons. The van der Waals surface area contributed by atoms with Gasteiger partial charge in [0.1, 0.15) is 5.52 Å². The summed E-state index contributed by atoms with van der Waals surface area (Å²) in [5.74, 6) is 0. The Balaban J connectivity index is 1.91. The van der Waals surface area contributed by atoms with E-state index in [-0.39, 0.29) is 5.52 Å². The molecule has 3 nitrogen and oxygen atoms in total. The summed E-state index contributed by atoms with van der Waals surface area (Å²) in [5, 5.41) is 0. The summed E-state index contributed by atoms with van der Waals surface area (Å²) in [6, 6.07) is 0.629. The predicted octanol–water partition coefficient (Wildman–Crippen LogP) is 0.815. The first-order valence-electron chi connectivity index (χ1n) is 4.56. The van der Waals surface area contributed by atoms with Crippen LogP contribution >= 0.6 is 9.24 Å². The molecule has 1 aliphatic heterocycles. The van der Waals surface area contributed by atoms with Gasteiger partial charge in [0.05, 0.1) is 0 Å². The van der Waals surface area contributed by atoms with Gasteiger partial charge in [0.25, 0.3) is 0 Å². The Morgan fingerprint density at radius 3 is 2.92 bits per heavy atom. The molecule has 0 bridgehead atoms. The Hall–Kier alpha value is 0.0200. The third kappa shape index (κ3) is 4.15. The molecule has 0 saturated carbocycles. The fourth-order valence-corrected chi connectivity index (χ4v) is 1.65. The summed E-state index contributed by atoms with van der Waals surface area (Å²) >= 11 is 0. The lowest BCUT2D eigenvalue weighted by molar-refractivity contribution is -0.111. The van der Waals surface area contributed by atoms with Crippen LogP contribution in [0, 0.1) is 0 Å². The van der Waals surface area contributed by atoms with Crippen molar-refractivity contribution >= 4 is 14.8 Å². The number of hydrazine groups is 1. The Morgan fingerprint density at radius 2 is 2.33 bits per heavy atom. The van der Waals surface area contributed by atoms with Crippen LogP contribution in [0.3, 0.4) is 0 Å². The summed E-state index contributed by atoms with van der Waals surface area (Å²) in [4.78, 5) is 10.6. The van der Waals surface area contributed by atoms with Crippen LogP contribution in [-0.4, -0.2) is 18.1 Å². The summed E-state index contributed by atoms with van der Waals surface area (Å²) < 4.78 is 0. The molecule has 2 atom stereocenters. The van der Waals surface area contributed by atoms with Crippen molar-refractivity contribution < 1.29 is 4.79 Å². The fourth-order valence-electron chi connectivity index (χ4n) is 1.44. The number of carbonyl (C=O) groups excluding carboxylic acids is 1. The highest BCUT2D eigenvalue weighted by molar-refractivity contribution is 7.40. The largest absolute Gasteiger partial charge is 0.295 e. The van der Waals surface area contributed by atoms with Gasteiger partial charge in [0.2, 0.25) is 0 Å². The number of hydrogen-bond acceptors (Lipinski definition) is 3. The maximum atomic E-state index is 10.6. The third-order valence-corrected chi connectivity index (χ3v) is 2.44. The van der Waals surface area contributed by atoms with Gasteiger partial charge in [-0.15, -0.1) is 0 Å². The van der Waals surface area contributed by atoms with Crippen LogP contribution in [0.25, 0.3) is 0 Å². The highest BCUT2D eigenvalue weighted by atomic mass is 31.0. The van der Waals surface area contributed by atoms with E-state index in [0.717, 1.165) is 19.4 Å². The molecule has 1 saturated heterocycles. The number of unbranched alkanes of at least 4 members (excludes halogenated alkanes) is 1. The van der Waals surface area contributed by atoms with Crippen molar-refractivity contribution in [3.05, 3.63) is 0 Å². The van der Waals surface area contributed by atoms with Crippen molar-refractivity contribution in [2.24, 2.45) is 0 Å². The van der Waals surface area contributed by atoms with Gasteiger partial charge in [-0.25, -0.2) is 0 Å². The zero-order valence-corrected chi connectivity index (χ0v) is 8.46. The molecule has 0 aromatic carbocycles. The van der Waals surface area contributed by atoms with Gasteiger partial charge in [0, 0.05) is 19.0 Å². The molecule has 70 valence electrons. The number of rotatable bonds is 5. The van der Waals surface area contributed by atoms with E-state index in [0.29, 0.717) is 12.5 Å². The summed E-state index contributed by atoms with van der Waals surface area (Å²) in [6.45, 7) is 1.08. The van der Waals surface area contributed by atoms with Crippen LogP contribution in [0.1, 0.15) is 32.1 Å². The van der Waals surface area contributed by atoms with E-state index in [1.54, 1.807) is 0 Å². The molecule has 0 aromatic heterocycles. The zero-order valence-electron chi connectivity index (χ0n) is 7.31. The molecular weight excluding hydrogens is 171 g/mol. The molecule has 1 heterocycles. The number of nitrogens with one attached hydrogen (secondary N) is 2. The Morgan fingerprint density at radius 1 is 1.50 bits per heavy atom. The minimum atomic E-state index is 0.229. The van der Waals surface area contributed by atoms with Gasteiger partial charge in [-0.05, 0) is 19.3 Å². The summed E-state index contributed by atoms with van der Waals surface area (Å²) in [5.41, 5.74) is 6.53. The van der Waals surface area contributed by atoms with Crippen molar-refractivity contribution in [1.82, 2.24) is 10.9 Å². The normalized spacial score (nSPS) is 22.9. The maximum Gasteiger partial charge on any atom is 0.148 e. The van der Waals surface area contributed by atoms with Crippen LogP contribution in [-0.2, 0) is 4.79 Å². The molecule has 1 aliphatic rings. The monoisotopic (exact) mass is 188 g/mol. The topological polar surface area (TPSA) is 41.1 Å². The molecule has 2 unspecified atom stereocenters. The van der Waals surface area contributed by atoms with Crippen LogP contribution in [0.15, 0.2) is 0 Å². The van der Waals surface area contributed by atoms with Crippen molar-refractivity contribution in [3.8, 4) is 0 Å². The highest BCUT2D eigenvalue weighted by Gasteiger charge is 2.12. The maximum absolute atomic E-state index is 10.6. The smallest absolute Gasteiger partial charge is 0.148 e. The Kier molecular flexibility index (Phi) is 4.74. The SMILES string of the molecule is O=C(P)CCCCC1CCNN1. The Bertz CT molecular complexity index is 146. The molecule has 4 heteroatoms. The van der Waals surface area contributed by atoms with Gasteiger partial charge >= 0.3 is 0 Å². The van der Waals surface area contributed by atoms with E-state index in [9.17, 15) is 4.79 Å². The molecule has 0 aliphatic carbocycles. The molecule has 12 heavy (non-hydrogen) atoms. The molecule has 1 fully saturated rings. The first kappa shape index (κ1) is 10.1. The lowest BCUT2D eigenvalue weighted by Crippen LogP contribution is -2.29. The molecule has 2 N–H and O–H groups in total. The zero-order chi connectivity index (χ0) is 8.81. The van der Waals surface area contributed by atoms with E-state index in [1.807, 2.05) is 0 Å².